The summed E-state index contributed by atoms with van der Waals surface area (Å²) >= 11 is 0. The summed E-state index contributed by atoms with van der Waals surface area (Å²) in [7, 11) is -0.0430. The molecule has 0 aliphatic rings. The van der Waals surface area contributed by atoms with E-state index in [0.717, 1.165) is 26.4 Å². The van der Waals surface area contributed by atoms with E-state index in [1.807, 2.05) is 6.92 Å². The molecule has 0 saturated carbocycles. The lowest BCUT2D eigenvalue weighted by Gasteiger charge is -2.04. The van der Waals surface area contributed by atoms with Gasteiger partial charge in [0.15, 0.2) is 0 Å². The second-order valence-corrected chi connectivity index (χ2v) is 6.03. The molecular formula is C9H21O2Si. The fraction of sp³-hybridized carbons (Fsp3) is 1.00. The van der Waals surface area contributed by atoms with Gasteiger partial charge >= 0.3 is 0 Å². The average Bonchev–Trinajstić information content (AvgIpc) is 2.02. The Kier molecular flexibility index (Phi) is 9.33. The third-order valence-corrected chi connectivity index (χ3v) is 2.90. The summed E-state index contributed by atoms with van der Waals surface area (Å²) in [5.74, 6) is 0. The molecule has 0 amide bonds. The molecule has 0 aromatic carbocycles. The second-order valence-electron chi connectivity index (χ2n) is 3.12. The van der Waals surface area contributed by atoms with Gasteiger partial charge in [-0.05, 0) is 13.3 Å². The molecule has 0 bridgehead atoms. The van der Waals surface area contributed by atoms with E-state index in [-0.39, 0.29) is 8.80 Å². The lowest BCUT2D eigenvalue weighted by Crippen LogP contribution is -2.07. The van der Waals surface area contributed by atoms with Crippen molar-refractivity contribution in [3.05, 3.63) is 0 Å². The number of rotatable bonds is 8. The molecule has 0 fully saturated rings. The van der Waals surface area contributed by atoms with Crippen LogP contribution < -0.4 is 0 Å². The normalized spacial score (nSPS) is 11.0. The number of ether oxygens (including phenoxy) is 2. The molecule has 0 aliphatic carbocycles. The first-order valence-electron chi connectivity index (χ1n) is 4.72. The highest BCUT2D eigenvalue weighted by Crippen LogP contribution is 1.96. The molecule has 12 heavy (non-hydrogen) atoms. The maximum absolute atomic E-state index is 5.38. The minimum Gasteiger partial charge on any atom is -0.379 e. The van der Waals surface area contributed by atoms with Crippen LogP contribution in [0.1, 0.15) is 13.3 Å². The quantitative estimate of drug-likeness (QED) is 0.430. The topological polar surface area (TPSA) is 18.5 Å². The summed E-state index contributed by atoms with van der Waals surface area (Å²) < 4.78 is 10.5. The van der Waals surface area contributed by atoms with Crippen molar-refractivity contribution >= 4 is 8.80 Å². The first-order chi connectivity index (χ1) is 5.77. The van der Waals surface area contributed by atoms with Gasteiger partial charge in [-0.3, -0.25) is 0 Å². The van der Waals surface area contributed by atoms with Crippen LogP contribution in [0.5, 0.6) is 0 Å². The van der Waals surface area contributed by atoms with Gasteiger partial charge in [-0.2, -0.15) is 0 Å². The van der Waals surface area contributed by atoms with E-state index in [1.54, 1.807) is 0 Å². The van der Waals surface area contributed by atoms with Crippen LogP contribution in [-0.4, -0.2) is 35.2 Å². The second kappa shape index (κ2) is 9.23. The van der Waals surface area contributed by atoms with E-state index in [9.17, 15) is 0 Å². The third kappa shape index (κ3) is 10.1. The van der Waals surface area contributed by atoms with Crippen molar-refractivity contribution in [1.82, 2.24) is 0 Å². The van der Waals surface area contributed by atoms with Crippen LogP contribution in [0.3, 0.4) is 0 Å². The van der Waals surface area contributed by atoms with Gasteiger partial charge in [0.2, 0.25) is 0 Å². The van der Waals surface area contributed by atoms with Crippen molar-refractivity contribution in [3.8, 4) is 0 Å². The van der Waals surface area contributed by atoms with Gasteiger partial charge in [-0.25, -0.2) is 0 Å². The fourth-order valence-corrected chi connectivity index (χ4v) is 1.74. The molecule has 0 rings (SSSR count). The summed E-state index contributed by atoms with van der Waals surface area (Å²) in [5, 5.41) is 0. The van der Waals surface area contributed by atoms with E-state index < -0.39 is 0 Å². The highest BCUT2D eigenvalue weighted by atomic mass is 28.3. The molecule has 0 aromatic rings. The summed E-state index contributed by atoms with van der Waals surface area (Å²) in [6, 6.07) is 1.36. The van der Waals surface area contributed by atoms with Crippen LogP contribution >= 0.6 is 0 Å². The molecular weight excluding hydrogens is 168 g/mol. The average molecular weight is 189 g/mol. The zero-order valence-electron chi connectivity index (χ0n) is 8.56. The minimum absolute atomic E-state index is 0.0430. The molecule has 2 nitrogen and oxygen atoms in total. The van der Waals surface area contributed by atoms with Crippen molar-refractivity contribution in [1.29, 1.82) is 0 Å². The van der Waals surface area contributed by atoms with Crippen molar-refractivity contribution in [2.45, 2.75) is 32.5 Å². The Morgan fingerprint density at radius 2 is 1.67 bits per heavy atom. The van der Waals surface area contributed by atoms with Gasteiger partial charge in [0.1, 0.15) is 0 Å². The molecule has 0 atom stereocenters. The van der Waals surface area contributed by atoms with Gasteiger partial charge in [0.05, 0.1) is 13.2 Å². The van der Waals surface area contributed by atoms with Crippen LogP contribution in [-0.2, 0) is 9.47 Å². The van der Waals surface area contributed by atoms with Gasteiger partial charge in [-0.1, -0.05) is 19.1 Å². The third-order valence-electron chi connectivity index (χ3n) is 1.54. The predicted molar refractivity (Wildman–Crippen MR) is 54.2 cm³/mol. The monoisotopic (exact) mass is 189 g/mol. The molecule has 0 unspecified atom stereocenters. The SMILES string of the molecule is CCOCCOCCC[Si](C)C. The molecule has 0 heterocycles. The Morgan fingerprint density at radius 3 is 2.25 bits per heavy atom. The highest BCUT2D eigenvalue weighted by molar-refractivity contribution is 6.55. The molecule has 73 valence electrons. The van der Waals surface area contributed by atoms with Crippen LogP contribution in [0.4, 0.5) is 0 Å². The summed E-state index contributed by atoms with van der Waals surface area (Å²) in [4.78, 5) is 0. The zero-order chi connectivity index (χ0) is 9.23. The Labute approximate surface area is 77.9 Å². The van der Waals surface area contributed by atoms with Crippen molar-refractivity contribution in [2.24, 2.45) is 0 Å². The Hall–Kier alpha value is 0.137. The fourth-order valence-electron chi connectivity index (χ4n) is 0.892. The lowest BCUT2D eigenvalue weighted by molar-refractivity contribution is 0.0531. The maximum Gasteiger partial charge on any atom is 0.0700 e. The smallest absolute Gasteiger partial charge is 0.0700 e. The van der Waals surface area contributed by atoms with Gasteiger partial charge in [-0.15, -0.1) is 0 Å². The largest absolute Gasteiger partial charge is 0.379 e. The zero-order valence-corrected chi connectivity index (χ0v) is 9.56. The maximum atomic E-state index is 5.38. The van der Waals surface area contributed by atoms with Crippen LogP contribution in [0.2, 0.25) is 19.1 Å². The van der Waals surface area contributed by atoms with Crippen molar-refractivity contribution in [3.63, 3.8) is 0 Å². The molecule has 0 N–H and O–H groups in total. The lowest BCUT2D eigenvalue weighted by atomic mass is 10.5. The molecule has 0 aliphatic heterocycles. The number of hydrogen-bond donors (Lipinski definition) is 0. The van der Waals surface area contributed by atoms with E-state index >= 15 is 0 Å². The number of hydrogen-bond acceptors (Lipinski definition) is 2. The summed E-state index contributed by atoms with van der Waals surface area (Å²) in [6.45, 7) is 9.87. The first-order valence-corrected chi connectivity index (χ1v) is 7.42. The van der Waals surface area contributed by atoms with E-state index in [0.29, 0.717) is 0 Å². The van der Waals surface area contributed by atoms with Crippen LogP contribution in [0.15, 0.2) is 0 Å². The highest BCUT2D eigenvalue weighted by Gasteiger charge is 1.95. The first kappa shape index (κ1) is 12.1. The molecule has 0 saturated heterocycles. The standard InChI is InChI=1S/C9H21O2Si/c1-4-10-7-8-11-6-5-9-12(2)3/h4-9H2,1-3H3. The van der Waals surface area contributed by atoms with Gasteiger partial charge in [0.25, 0.3) is 0 Å². The Bertz CT molecular complexity index is 86.6. The van der Waals surface area contributed by atoms with E-state index in [1.165, 1.54) is 12.5 Å². The van der Waals surface area contributed by atoms with Crippen molar-refractivity contribution in [2.75, 3.05) is 26.4 Å². The van der Waals surface area contributed by atoms with E-state index in [4.69, 9.17) is 9.47 Å². The predicted octanol–water partition coefficient (Wildman–Crippen LogP) is 2.18. The summed E-state index contributed by atoms with van der Waals surface area (Å²) in [6.07, 6.45) is 1.22. The van der Waals surface area contributed by atoms with Gasteiger partial charge in [0, 0.05) is 22.0 Å². The Balaban J connectivity index is 2.82. The molecule has 0 aromatic heterocycles. The van der Waals surface area contributed by atoms with Crippen LogP contribution in [0, 0.1) is 0 Å². The minimum atomic E-state index is -0.0430. The van der Waals surface area contributed by atoms with E-state index in [2.05, 4.69) is 13.1 Å². The van der Waals surface area contributed by atoms with Gasteiger partial charge < -0.3 is 9.47 Å². The Morgan fingerprint density at radius 1 is 1.00 bits per heavy atom. The molecule has 3 heteroatoms. The molecule has 0 spiro atoms. The molecule has 1 radical (unpaired) electrons. The van der Waals surface area contributed by atoms with Crippen molar-refractivity contribution < 1.29 is 9.47 Å². The van der Waals surface area contributed by atoms with Crippen LogP contribution in [0.25, 0.3) is 0 Å². The summed E-state index contributed by atoms with van der Waals surface area (Å²) in [5.41, 5.74) is 0.